The molecule has 3 heterocycles. The zero-order chi connectivity index (χ0) is 24.5. The summed E-state index contributed by atoms with van der Waals surface area (Å²) in [7, 11) is 0. The first-order valence-electron chi connectivity index (χ1n) is 11.6. The topological polar surface area (TPSA) is 99.7 Å². The van der Waals surface area contributed by atoms with Crippen LogP contribution in [0.4, 0.5) is 10.5 Å². The highest BCUT2D eigenvalue weighted by Crippen LogP contribution is 2.39. The molecule has 0 spiro atoms. The minimum Gasteiger partial charge on any atom is -0.445 e. The van der Waals surface area contributed by atoms with E-state index in [4.69, 9.17) is 9.72 Å². The molecule has 1 aliphatic rings. The average Bonchev–Trinajstić information content (AvgIpc) is 3.43. The van der Waals surface area contributed by atoms with Gasteiger partial charge in [-0.2, -0.15) is 5.26 Å². The summed E-state index contributed by atoms with van der Waals surface area (Å²) < 4.78 is 7.24. The monoisotopic (exact) mass is 467 g/mol. The normalized spacial score (nSPS) is 15.5. The molecule has 0 aliphatic carbocycles. The Labute approximate surface area is 202 Å². The molecule has 1 atom stereocenters. The Bertz CT molecular complexity index is 1490. The summed E-state index contributed by atoms with van der Waals surface area (Å²) in [6.45, 7) is 4.49. The van der Waals surface area contributed by atoms with Crippen molar-refractivity contribution in [3.05, 3.63) is 77.0 Å². The molecule has 0 unspecified atom stereocenters. The number of benzene rings is 2. The highest BCUT2D eigenvalue weighted by Gasteiger charge is 2.37. The van der Waals surface area contributed by atoms with Crippen LogP contribution in [0.3, 0.4) is 0 Å². The molecule has 176 valence electrons. The summed E-state index contributed by atoms with van der Waals surface area (Å²) in [5.41, 5.74) is 5.93. The molecule has 0 bridgehead atoms. The molecule has 8 heteroatoms. The molecular weight excluding hydrogens is 442 g/mol. The van der Waals surface area contributed by atoms with Gasteiger partial charge in [0.2, 0.25) is 5.91 Å². The maximum Gasteiger partial charge on any atom is 0.408 e. The number of nitriles is 1. The first-order chi connectivity index (χ1) is 17.0. The van der Waals surface area contributed by atoms with E-state index in [1.165, 1.54) is 0 Å². The SMILES string of the molecule is CCc1c(C)c(C#N)c2nc3ccccn3c2c1N1CC[C@H](NC(=O)OCc2ccccc2)C1=O. The van der Waals surface area contributed by atoms with Gasteiger partial charge in [-0.05, 0) is 48.6 Å². The number of ether oxygens (including phenoxy) is 1. The quantitative estimate of drug-likeness (QED) is 0.473. The largest absolute Gasteiger partial charge is 0.445 e. The van der Waals surface area contributed by atoms with Gasteiger partial charge in [0.05, 0.1) is 16.8 Å². The van der Waals surface area contributed by atoms with Gasteiger partial charge in [-0.3, -0.25) is 9.20 Å². The Kier molecular flexibility index (Phi) is 5.83. The van der Waals surface area contributed by atoms with E-state index >= 15 is 0 Å². The number of hydrogen-bond donors (Lipinski definition) is 1. The average molecular weight is 468 g/mol. The van der Waals surface area contributed by atoms with Crippen LogP contribution in [-0.4, -0.2) is 34.0 Å². The number of aromatic nitrogens is 2. The molecule has 2 aromatic carbocycles. The van der Waals surface area contributed by atoms with Gasteiger partial charge in [0.15, 0.2) is 0 Å². The molecule has 1 N–H and O–H groups in total. The van der Waals surface area contributed by atoms with Crippen LogP contribution in [0, 0.1) is 18.3 Å². The maximum absolute atomic E-state index is 13.5. The Balaban J connectivity index is 1.48. The lowest BCUT2D eigenvalue weighted by molar-refractivity contribution is -0.118. The highest BCUT2D eigenvalue weighted by atomic mass is 16.5. The number of fused-ring (bicyclic) bond motifs is 3. The van der Waals surface area contributed by atoms with Gasteiger partial charge in [0, 0.05) is 12.7 Å². The molecule has 4 aromatic rings. The first kappa shape index (κ1) is 22.4. The van der Waals surface area contributed by atoms with Gasteiger partial charge < -0.3 is 15.0 Å². The number of nitrogens with one attached hydrogen (secondary N) is 1. The number of rotatable bonds is 5. The summed E-state index contributed by atoms with van der Waals surface area (Å²) >= 11 is 0. The summed E-state index contributed by atoms with van der Waals surface area (Å²) in [6, 6.07) is 16.7. The molecule has 2 aromatic heterocycles. The molecule has 8 nitrogen and oxygen atoms in total. The van der Waals surface area contributed by atoms with E-state index in [1.54, 1.807) is 4.90 Å². The van der Waals surface area contributed by atoms with Crippen molar-refractivity contribution >= 4 is 34.4 Å². The number of carbonyl (C=O) groups excluding carboxylic acids is 2. The molecule has 2 amide bonds. The maximum atomic E-state index is 13.5. The van der Waals surface area contributed by atoms with Crippen LogP contribution in [-0.2, 0) is 22.6 Å². The Hall–Kier alpha value is -4.38. The summed E-state index contributed by atoms with van der Waals surface area (Å²) in [6.07, 6.45) is 2.37. The van der Waals surface area contributed by atoms with Crippen molar-refractivity contribution in [2.45, 2.75) is 39.3 Å². The van der Waals surface area contributed by atoms with Crippen molar-refractivity contribution in [1.82, 2.24) is 14.7 Å². The van der Waals surface area contributed by atoms with Gasteiger partial charge >= 0.3 is 6.09 Å². The van der Waals surface area contributed by atoms with Crippen LogP contribution in [0.15, 0.2) is 54.7 Å². The van der Waals surface area contributed by atoms with Crippen LogP contribution < -0.4 is 10.2 Å². The number of hydrogen-bond acceptors (Lipinski definition) is 5. The van der Waals surface area contributed by atoms with E-state index in [9.17, 15) is 14.9 Å². The minimum absolute atomic E-state index is 0.133. The Morgan fingerprint density at radius 2 is 2.00 bits per heavy atom. The lowest BCUT2D eigenvalue weighted by atomic mass is 9.96. The number of nitrogens with zero attached hydrogens (tertiary/aromatic N) is 4. The van der Waals surface area contributed by atoms with Gasteiger partial charge in [-0.1, -0.05) is 43.3 Å². The second-order valence-electron chi connectivity index (χ2n) is 8.57. The van der Waals surface area contributed by atoms with Crippen LogP contribution >= 0.6 is 0 Å². The molecule has 1 aliphatic heterocycles. The van der Waals surface area contributed by atoms with Crippen molar-refractivity contribution in [3.8, 4) is 6.07 Å². The fraction of sp³-hybridized carbons (Fsp3) is 0.259. The van der Waals surface area contributed by atoms with E-state index in [-0.39, 0.29) is 12.5 Å². The Morgan fingerprint density at radius 3 is 2.74 bits per heavy atom. The summed E-state index contributed by atoms with van der Waals surface area (Å²) in [5, 5.41) is 12.6. The molecule has 0 saturated carbocycles. The minimum atomic E-state index is -0.687. The van der Waals surface area contributed by atoms with Crippen LogP contribution in [0.2, 0.25) is 0 Å². The number of alkyl carbamates (subject to hydrolysis) is 1. The second-order valence-corrected chi connectivity index (χ2v) is 8.57. The van der Waals surface area contributed by atoms with Crippen LogP contribution in [0.25, 0.3) is 16.7 Å². The molecule has 0 radical (unpaired) electrons. The van der Waals surface area contributed by atoms with Crippen molar-refractivity contribution in [2.24, 2.45) is 0 Å². The lowest BCUT2D eigenvalue weighted by Crippen LogP contribution is -2.42. The third-order valence-corrected chi connectivity index (χ3v) is 6.55. The summed E-state index contributed by atoms with van der Waals surface area (Å²) in [5.74, 6) is -0.201. The van der Waals surface area contributed by atoms with E-state index in [1.807, 2.05) is 73.0 Å². The van der Waals surface area contributed by atoms with Gasteiger partial charge in [0.25, 0.3) is 0 Å². The molecular formula is C27H25N5O3. The zero-order valence-electron chi connectivity index (χ0n) is 19.6. The van der Waals surface area contributed by atoms with E-state index in [0.717, 1.165) is 27.9 Å². The van der Waals surface area contributed by atoms with E-state index in [2.05, 4.69) is 11.4 Å². The van der Waals surface area contributed by atoms with Crippen molar-refractivity contribution in [1.29, 1.82) is 5.26 Å². The van der Waals surface area contributed by atoms with Gasteiger partial charge in [0.1, 0.15) is 29.9 Å². The van der Waals surface area contributed by atoms with Crippen LogP contribution in [0.1, 0.15) is 35.6 Å². The fourth-order valence-electron chi connectivity index (χ4n) is 4.85. The Morgan fingerprint density at radius 1 is 1.23 bits per heavy atom. The van der Waals surface area contributed by atoms with Crippen molar-refractivity contribution < 1.29 is 14.3 Å². The first-order valence-corrected chi connectivity index (χ1v) is 11.6. The lowest BCUT2D eigenvalue weighted by Gasteiger charge is -2.23. The molecule has 1 fully saturated rings. The predicted octanol–water partition coefficient (Wildman–Crippen LogP) is 4.26. The molecule has 35 heavy (non-hydrogen) atoms. The second kappa shape index (κ2) is 9.11. The number of anilines is 1. The fourth-order valence-corrected chi connectivity index (χ4v) is 4.85. The van der Waals surface area contributed by atoms with Gasteiger partial charge in [-0.25, -0.2) is 9.78 Å². The highest BCUT2D eigenvalue weighted by molar-refractivity contribution is 6.09. The van der Waals surface area contributed by atoms with Crippen LogP contribution in [0.5, 0.6) is 0 Å². The number of amides is 2. The third kappa shape index (κ3) is 3.85. The van der Waals surface area contributed by atoms with Crippen molar-refractivity contribution in [3.63, 3.8) is 0 Å². The molecule has 5 rings (SSSR count). The predicted molar refractivity (Wildman–Crippen MR) is 132 cm³/mol. The van der Waals surface area contributed by atoms with E-state index in [0.29, 0.717) is 36.1 Å². The molecule has 1 saturated heterocycles. The zero-order valence-corrected chi connectivity index (χ0v) is 19.6. The van der Waals surface area contributed by atoms with E-state index < -0.39 is 12.1 Å². The summed E-state index contributed by atoms with van der Waals surface area (Å²) in [4.78, 5) is 32.4. The third-order valence-electron chi connectivity index (χ3n) is 6.55. The number of carbonyl (C=O) groups is 2. The standard InChI is InChI=1S/C27H25N5O3/c1-3-19-17(2)20(15-28)23-25(31-13-8-7-11-22(31)30-23)24(19)32-14-12-21(26(32)33)29-27(34)35-16-18-9-5-4-6-10-18/h4-11,13,21H,3,12,14,16H2,1-2H3,(H,29,34)/t21-/m0/s1. The number of imidazole rings is 1. The number of pyridine rings is 1. The van der Waals surface area contributed by atoms with Crippen molar-refractivity contribution in [2.75, 3.05) is 11.4 Å². The van der Waals surface area contributed by atoms with Gasteiger partial charge in [-0.15, -0.1) is 0 Å². The smallest absolute Gasteiger partial charge is 0.408 e.